The van der Waals surface area contributed by atoms with Crippen LogP contribution in [0.2, 0.25) is 0 Å². The Balaban J connectivity index is 1.63. The van der Waals surface area contributed by atoms with E-state index in [1.807, 2.05) is 36.4 Å². The number of hydrogen-bond acceptors (Lipinski definition) is 8. The third-order valence-corrected chi connectivity index (χ3v) is 7.05. The highest BCUT2D eigenvalue weighted by molar-refractivity contribution is 7.18. The molecule has 0 spiro atoms. The molecule has 0 aliphatic rings. The van der Waals surface area contributed by atoms with Crippen molar-refractivity contribution in [3.63, 3.8) is 0 Å². The lowest BCUT2D eigenvalue weighted by Crippen LogP contribution is -2.28. The maximum absolute atomic E-state index is 13.3. The number of rotatable bonds is 7. The number of nitriles is 1. The van der Waals surface area contributed by atoms with Gasteiger partial charge in [0.1, 0.15) is 21.6 Å². The van der Waals surface area contributed by atoms with E-state index in [1.165, 1.54) is 11.6 Å². The quantitative estimate of drug-likeness (QED) is 0.351. The third kappa shape index (κ3) is 4.92. The lowest BCUT2D eigenvalue weighted by molar-refractivity contribution is -0.119. The summed E-state index contributed by atoms with van der Waals surface area (Å²) in [6.07, 6.45) is 0. The van der Waals surface area contributed by atoms with Gasteiger partial charge < -0.3 is 19.4 Å². The highest BCUT2D eigenvalue weighted by atomic mass is 32.1. The number of esters is 2. The molecule has 0 aliphatic heterocycles. The molecule has 4 aromatic rings. The Morgan fingerprint density at radius 3 is 2.32 bits per heavy atom. The highest BCUT2D eigenvalue weighted by Gasteiger charge is 2.25. The molecule has 0 unspecified atom stereocenters. The molecule has 0 saturated heterocycles. The number of hydrogen-bond donors (Lipinski definition) is 1. The Hall–Kier alpha value is -4.75. The minimum Gasteiger partial charge on any atom is -0.462 e. The summed E-state index contributed by atoms with van der Waals surface area (Å²) in [4.78, 5) is 51.4. The smallest absolute Gasteiger partial charge is 0.356 e. The number of benzene rings is 2. The van der Waals surface area contributed by atoms with E-state index in [4.69, 9.17) is 9.47 Å². The number of aromatic nitrogens is 1. The first-order chi connectivity index (χ1) is 18.3. The molecule has 2 aromatic heterocycles. The molecule has 10 heteroatoms. The second kappa shape index (κ2) is 11.1. The number of thiophene rings is 1. The van der Waals surface area contributed by atoms with Crippen LogP contribution >= 0.6 is 11.3 Å². The van der Waals surface area contributed by atoms with Gasteiger partial charge in [-0.15, -0.1) is 11.3 Å². The van der Waals surface area contributed by atoms with Crippen LogP contribution in [-0.2, 0) is 21.3 Å². The summed E-state index contributed by atoms with van der Waals surface area (Å²) in [5.41, 5.74) is 1.35. The standard InChI is InChI=1S/C28H23N3O6S/c1-4-36-28(35)24-16(2)20(14-29)25(38-24)30-21(32)15-37-27(34)23-22(17-10-6-5-7-11-17)18-12-8-9-13-19(18)26(33)31(23)3/h5-13H,4,15H2,1-3H3,(H,30,32). The zero-order chi connectivity index (χ0) is 27.4. The van der Waals surface area contributed by atoms with Crippen LogP contribution in [0.1, 0.15) is 38.2 Å². The minimum atomic E-state index is -0.862. The molecule has 2 aromatic carbocycles. The maximum atomic E-state index is 13.3. The Labute approximate surface area is 221 Å². The van der Waals surface area contributed by atoms with E-state index < -0.39 is 24.5 Å². The molecule has 192 valence electrons. The summed E-state index contributed by atoms with van der Waals surface area (Å²) < 4.78 is 11.5. The summed E-state index contributed by atoms with van der Waals surface area (Å²) in [7, 11) is 1.47. The van der Waals surface area contributed by atoms with Gasteiger partial charge in [0, 0.05) is 18.0 Å². The Morgan fingerprint density at radius 1 is 1.00 bits per heavy atom. The van der Waals surface area contributed by atoms with E-state index in [1.54, 1.807) is 38.1 Å². The fourth-order valence-electron chi connectivity index (χ4n) is 4.09. The average Bonchev–Trinajstić information content (AvgIpc) is 3.24. The van der Waals surface area contributed by atoms with Gasteiger partial charge >= 0.3 is 11.9 Å². The van der Waals surface area contributed by atoms with Gasteiger partial charge in [0.05, 0.1) is 12.2 Å². The van der Waals surface area contributed by atoms with Crippen molar-refractivity contribution in [3.05, 3.63) is 86.6 Å². The van der Waals surface area contributed by atoms with E-state index in [9.17, 15) is 24.4 Å². The number of carbonyl (C=O) groups is 3. The molecule has 1 N–H and O–H groups in total. The van der Waals surface area contributed by atoms with Crippen molar-refractivity contribution in [3.8, 4) is 17.2 Å². The van der Waals surface area contributed by atoms with Crippen LogP contribution in [0, 0.1) is 18.3 Å². The molecule has 38 heavy (non-hydrogen) atoms. The van der Waals surface area contributed by atoms with Crippen molar-refractivity contribution >= 4 is 45.0 Å². The first-order valence-electron chi connectivity index (χ1n) is 11.6. The minimum absolute atomic E-state index is 0.00183. The molecule has 0 bridgehead atoms. The van der Waals surface area contributed by atoms with Gasteiger partial charge in [0.15, 0.2) is 6.61 Å². The second-order valence-electron chi connectivity index (χ2n) is 8.22. The van der Waals surface area contributed by atoms with Crippen LogP contribution in [0.15, 0.2) is 59.4 Å². The lowest BCUT2D eigenvalue weighted by Gasteiger charge is -2.16. The number of anilines is 1. The molecule has 0 fully saturated rings. The van der Waals surface area contributed by atoms with Crippen molar-refractivity contribution in [1.29, 1.82) is 5.26 Å². The predicted octanol–water partition coefficient (Wildman–Crippen LogP) is 4.42. The molecule has 0 aliphatic carbocycles. The van der Waals surface area contributed by atoms with Crippen molar-refractivity contribution in [2.45, 2.75) is 13.8 Å². The first-order valence-corrected chi connectivity index (χ1v) is 12.4. The Kier molecular flexibility index (Phi) is 7.69. The zero-order valence-electron chi connectivity index (χ0n) is 20.9. The summed E-state index contributed by atoms with van der Waals surface area (Å²) >= 11 is 0.908. The van der Waals surface area contributed by atoms with Crippen LogP contribution in [0.4, 0.5) is 5.00 Å². The van der Waals surface area contributed by atoms with E-state index in [0.29, 0.717) is 27.5 Å². The van der Waals surface area contributed by atoms with Gasteiger partial charge in [0.25, 0.3) is 11.5 Å². The van der Waals surface area contributed by atoms with Crippen molar-refractivity contribution in [2.24, 2.45) is 7.05 Å². The van der Waals surface area contributed by atoms with Gasteiger partial charge in [-0.2, -0.15) is 5.26 Å². The van der Waals surface area contributed by atoms with Crippen LogP contribution in [0.25, 0.3) is 21.9 Å². The van der Waals surface area contributed by atoms with Crippen molar-refractivity contribution in [2.75, 3.05) is 18.5 Å². The number of pyridine rings is 1. The number of fused-ring (bicyclic) bond motifs is 1. The molecule has 9 nitrogen and oxygen atoms in total. The fourth-order valence-corrected chi connectivity index (χ4v) is 5.16. The summed E-state index contributed by atoms with van der Waals surface area (Å²) in [6, 6.07) is 18.1. The van der Waals surface area contributed by atoms with E-state index in [0.717, 1.165) is 11.3 Å². The van der Waals surface area contributed by atoms with Crippen LogP contribution in [0.5, 0.6) is 0 Å². The van der Waals surface area contributed by atoms with Crippen molar-refractivity contribution < 1.29 is 23.9 Å². The molecule has 4 rings (SSSR count). The molecule has 0 radical (unpaired) electrons. The molecule has 0 saturated carbocycles. The van der Waals surface area contributed by atoms with Crippen LogP contribution < -0.4 is 10.9 Å². The monoisotopic (exact) mass is 529 g/mol. The van der Waals surface area contributed by atoms with Gasteiger partial charge in [0.2, 0.25) is 0 Å². The molecular formula is C28H23N3O6S. The topological polar surface area (TPSA) is 127 Å². The Bertz CT molecular complexity index is 1660. The van der Waals surface area contributed by atoms with E-state index in [-0.39, 0.29) is 33.3 Å². The molecule has 2 heterocycles. The molecular weight excluding hydrogens is 506 g/mol. The number of amides is 1. The summed E-state index contributed by atoms with van der Waals surface area (Å²) in [5, 5.41) is 13.2. The first kappa shape index (κ1) is 26.3. The Morgan fingerprint density at radius 2 is 1.66 bits per heavy atom. The van der Waals surface area contributed by atoms with Gasteiger partial charge in [-0.3, -0.25) is 9.59 Å². The fraction of sp³-hybridized carbons (Fsp3) is 0.179. The zero-order valence-corrected chi connectivity index (χ0v) is 21.7. The molecule has 1 amide bonds. The number of carbonyl (C=O) groups excluding carboxylic acids is 3. The van der Waals surface area contributed by atoms with Gasteiger partial charge in [-0.25, -0.2) is 9.59 Å². The second-order valence-corrected chi connectivity index (χ2v) is 9.24. The van der Waals surface area contributed by atoms with E-state index in [2.05, 4.69) is 5.32 Å². The highest BCUT2D eigenvalue weighted by Crippen LogP contribution is 2.33. The summed E-state index contributed by atoms with van der Waals surface area (Å²) in [5.74, 6) is -2.16. The lowest BCUT2D eigenvalue weighted by atomic mass is 9.97. The van der Waals surface area contributed by atoms with Gasteiger partial charge in [-0.05, 0) is 36.4 Å². The number of ether oxygens (including phenoxy) is 2. The maximum Gasteiger partial charge on any atom is 0.356 e. The van der Waals surface area contributed by atoms with Crippen molar-refractivity contribution in [1.82, 2.24) is 4.57 Å². The van der Waals surface area contributed by atoms with Crippen LogP contribution in [-0.4, -0.2) is 35.6 Å². The van der Waals surface area contributed by atoms with Crippen LogP contribution in [0.3, 0.4) is 0 Å². The van der Waals surface area contributed by atoms with E-state index >= 15 is 0 Å². The van der Waals surface area contributed by atoms with Gasteiger partial charge in [-0.1, -0.05) is 48.5 Å². The third-order valence-electron chi connectivity index (χ3n) is 5.87. The average molecular weight is 530 g/mol. The SMILES string of the molecule is CCOC(=O)c1sc(NC(=O)COC(=O)c2c(-c3ccccc3)c3ccccc3c(=O)n2C)c(C#N)c1C. The molecule has 0 atom stereocenters. The normalized spacial score (nSPS) is 10.6. The largest absolute Gasteiger partial charge is 0.462 e. The number of nitrogens with one attached hydrogen (secondary N) is 1. The summed E-state index contributed by atoms with van der Waals surface area (Å²) in [6.45, 7) is 2.74. The number of nitrogens with zero attached hydrogens (tertiary/aromatic N) is 2. The predicted molar refractivity (Wildman–Crippen MR) is 143 cm³/mol.